The summed E-state index contributed by atoms with van der Waals surface area (Å²) >= 11 is 0. The Morgan fingerprint density at radius 2 is 1.04 bits per heavy atom. The highest BCUT2D eigenvalue weighted by molar-refractivity contribution is 7.55. The lowest BCUT2D eigenvalue weighted by atomic mass is 10.2. The summed E-state index contributed by atoms with van der Waals surface area (Å²) < 4.78 is 62.0. The summed E-state index contributed by atoms with van der Waals surface area (Å²) in [7, 11) is -4.31. The van der Waals surface area contributed by atoms with Gasteiger partial charge >= 0.3 is 31.6 Å². The normalized spacial score (nSPS) is 14.6. The lowest BCUT2D eigenvalue weighted by Crippen LogP contribution is -2.50. The van der Waals surface area contributed by atoms with Crippen molar-refractivity contribution in [2.45, 2.75) is 18.9 Å². The molecule has 5 rings (SSSR count). The smallest absolute Gasteiger partial charge is 0.457 e. The maximum absolute atomic E-state index is 14.8. The second-order valence-electron chi connectivity index (χ2n) is 18.3. The molecule has 450 valence electrons. The second kappa shape index (κ2) is 36.9. The number of nitrogens with one attached hydrogen (secondary N) is 2. The molecule has 0 radical (unpaired) electrons. The van der Waals surface area contributed by atoms with Crippen LogP contribution in [0.4, 0.5) is 10.5 Å². The van der Waals surface area contributed by atoms with E-state index in [4.69, 9.17) is 48.9 Å². The highest BCUT2D eigenvalue weighted by atomic mass is 31.2. The van der Waals surface area contributed by atoms with Gasteiger partial charge in [-0.2, -0.15) is 0 Å². The Morgan fingerprint density at radius 3 is 1.52 bits per heavy atom. The summed E-state index contributed by atoms with van der Waals surface area (Å²) in [4.78, 5) is 71.6. The first kappa shape index (κ1) is 65.5. The fourth-order valence-corrected chi connectivity index (χ4v) is 9.75. The first-order chi connectivity index (χ1) is 39.6. The van der Waals surface area contributed by atoms with Crippen LogP contribution in [-0.4, -0.2) is 237 Å². The SMILES string of the molecule is NC(N)=Nc1ccc(C(NC(=O)OCCOCCOCc2cn(CCOCCOCCOCCNC(=O)CN3CCN(CC(=O)O)CCN(CC(=O)O)CCN(CC(=O)O)CC3)nn2)P(=O)(Oc2ccccc2)Oc2ccccc2)cc1. The van der Waals surface area contributed by atoms with Gasteiger partial charge in [0.2, 0.25) is 5.91 Å². The molecule has 1 saturated heterocycles. The molecule has 1 fully saturated rings. The average molecular weight is 1170 g/mol. The molecule has 0 bridgehead atoms. The minimum Gasteiger partial charge on any atom is -0.480 e. The Balaban J connectivity index is 0.904. The average Bonchev–Trinajstić information content (AvgIpc) is 3.94. The summed E-state index contributed by atoms with van der Waals surface area (Å²) in [5, 5.41) is 41.9. The van der Waals surface area contributed by atoms with Crippen molar-refractivity contribution in [3.8, 4) is 11.5 Å². The van der Waals surface area contributed by atoms with Crippen molar-refractivity contribution in [3.05, 3.63) is 102 Å². The number of benzene rings is 3. The lowest BCUT2D eigenvalue weighted by Gasteiger charge is -2.32. The van der Waals surface area contributed by atoms with Crippen LogP contribution in [-0.2, 0) is 65.3 Å². The molecule has 0 spiro atoms. The van der Waals surface area contributed by atoms with E-state index in [1.165, 1.54) is 0 Å². The van der Waals surface area contributed by atoms with Crippen molar-refractivity contribution in [2.24, 2.45) is 16.5 Å². The Hall–Kier alpha value is -7.31. The number of para-hydroxylation sites is 2. The fourth-order valence-electron chi connectivity index (χ4n) is 7.87. The molecule has 4 aromatic rings. The van der Waals surface area contributed by atoms with Crippen LogP contribution in [0.25, 0.3) is 0 Å². The zero-order chi connectivity index (χ0) is 58.8. The number of hydrogen-bond acceptors (Lipinski definition) is 21. The van der Waals surface area contributed by atoms with Crippen LogP contribution in [0.5, 0.6) is 11.5 Å². The van der Waals surface area contributed by atoms with Crippen LogP contribution in [0.2, 0.25) is 0 Å². The highest BCUT2D eigenvalue weighted by Gasteiger charge is 2.42. The molecule has 1 aliphatic rings. The van der Waals surface area contributed by atoms with Gasteiger partial charge in [0.25, 0.3) is 0 Å². The van der Waals surface area contributed by atoms with Crippen LogP contribution in [0.3, 0.4) is 0 Å². The maximum atomic E-state index is 14.8. The van der Waals surface area contributed by atoms with Crippen LogP contribution < -0.4 is 31.1 Å². The molecule has 2 amide bonds. The van der Waals surface area contributed by atoms with Gasteiger partial charge in [0.15, 0.2) is 11.7 Å². The molecular weight excluding hydrogens is 1100 g/mol. The second-order valence-corrected chi connectivity index (χ2v) is 20.2. The molecule has 30 heteroatoms. The number of carboxylic acids is 3. The zero-order valence-corrected chi connectivity index (χ0v) is 46.5. The molecule has 1 aliphatic heterocycles. The van der Waals surface area contributed by atoms with Crippen molar-refractivity contribution < 1.29 is 81.3 Å². The number of guanidine groups is 1. The number of nitrogens with two attached hydrogens (primary N) is 2. The van der Waals surface area contributed by atoms with Crippen molar-refractivity contribution >= 4 is 49.2 Å². The third-order valence-electron chi connectivity index (χ3n) is 11.8. The fraction of sp³-hybridized carbons (Fsp3) is 0.500. The van der Waals surface area contributed by atoms with Crippen LogP contribution in [0, 0.1) is 0 Å². The highest BCUT2D eigenvalue weighted by Crippen LogP contribution is 2.59. The molecular formula is C52H75N12O17P. The number of hydrogen-bond donors (Lipinski definition) is 7. The first-order valence-electron chi connectivity index (χ1n) is 26.4. The standard InChI is InChI=1S/C52H75N12O17P/c53-51(54)56-42-13-11-41(12-14-42)50(82(73,80-44-7-3-1-4-8-44)81-45-9-5-2-6-10-45)57-52(72)79-34-33-77-31-32-78-40-43-35-64(59-58-43)24-26-75-28-30-76-29-27-74-25-15-55-46(65)36-60-16-18-61(37-47(66)67)20-22-63(39-49(70)71)23-21-62(19-17-60)38-48(68)69/h1-14,35,50H,15-34,36-40H2,(H,55,65)(H,57,72)(H,66,67)(H,68,69)(H,70,71)(H4,53,54,56). The minimum atomic E-state index is -4.31. The molecule has 0 aliphatic carbocycles. The van der Waals surface area contributed by atoms with Gasteiger partial charge < -0.3 is 74.9 Å². The summed E-state index contributed by atoms with van der Waals surface area (Å²) in [6.45, 7) is 4.73. The van der Waals surface area contributed by atoms with Gasteiger partial charge in [-0.3, -0.25) is 38.8 Å². The number of aromatic nitrogens is 3. The molecule has 1 aromatic heterocycles. The van der Waals surface area contributed by atoms with Crippen molar-refractivity contribution in [1.29, 1.82) is 0 Å². The number of alkyl carbamates (subject to hydrolysis) is 1. The number of rotatable bonds is 36. The number of aliphatic imine (C=N–C) groups is 1. The first-order valence-corrected chi connectivity index (χ1v) is 28.0. The van der Waals surface area contributed by atoms with Gasteiger partial charge in [-0.25, -0.2) is 19.0 Å². The Bertz CT molecular complexity index is 2530. The van der Waals surface area contributed by atoms with E-state index >= 15 is 0 Å². The van der Waals surface area contributed by atoms with Gasteiger partial charge in [0.1, 0.15) is 23.8 Å². The van der Waals surface area contributed by atoms with Gasteiger partial charge in [-0.05, 0) is 42.0 Å². The minimum absolute atomic E-state index is 0.00508. The predicted molar refractivity (Wildman–Crippen MR) is 296 cm³/mol. The molecule has 3 aromatic carbocycles. The van der Waals surface area contributed by atoms with Crippen molar-refractivity contribution in [3.63, 3.8) is 0 Å². The Morgan fingerprint density at radius 1 is 0.585 bits per heavy atom. The number of amides is 2. The van der Waals surface area contributed by atoms with E-state index in [2.05, 4.69) is 25.9 Å². The van der Waals surface area contributed by atoms with E-state index in [9.17, 15) is 43.9 Å². The molecule has 0 saturated carbocycles. The number of ether oxygens (including phenoxy) is 6. The Labute approximate surface area is 474 Å². The number of carboxylic acid groups (broad SMARTS) is 3. The van der Waals surface area contributed by atoms with Crippen molar-refractivity contribution in [2.75, 3.05) is 151 Å². The van der Waals surface area contributed by atoms with E-state index in [0.29, 0.717) is 82.7 Å². The largest absolute Gasteiger partial charge is 0.480 e. The molecule has 1 unspecified atom stereocenters. The van der Waals surface area contributed by atoms with Gasteiger partial charge in [-0.1, -0.05) is 53.7 Å². The predicted octanol–water partition coefficient (Wildman–Crippen LogP) is 1.13. The molecule has 9 N–H and O–H groups in total. The lowest BCUT2D eigenvalue weighted by molar-refractivity contribution is -0.140. The number of carbonyl (C=O) groups is 5. The van der Waals surface area contributed by atoms with E-state index in [0.717, 1.165) is 0 Å². The summed E-state index contributed by atoms with van der Waals surface area (Å²) in [5.74, 6) is -4.37. The van der Waals surface area contributed by atoms with E-state index < -0.39 is 37.4 Å². The topological polar surface area (TPSA) is 369 Å². The number of aliphatic carboxylic acids is 3. The molecule has 1 atom stereocenters. The van der Waals surface area contributed by atoms with E-state index in [1.54, 1.807) is 111 Å². The molecule has 82 heavy (non-hydrogen) atoms. The summed E-state index contributed by atoms with van der Waals surface area (Å²) in [5.41, 5.74) is 12.5. The quantitative estimate of drug-likeness (QED) is 0.0145. The van der Waals surface area contributed by atoms with Crippen LogP contribution in [0.15, 0.2) is 96.1 Å². The summed E-state index contributed by atoms with van der Waals surface area (Å²) in [6, 6.07) is 23.2. The van der Waals surface area contributed by atoms with Gasteiger partial charge in [0.05, 0.1) is 111 Å². The molecule has 29 nitrogen and oxygen atoms in total. The summed E-state index contributed by atoms with van der Waals surface area (Å²) in [6.07, 6.45) is 0.833. The third kappa shape index (κ3) is 27.0. The van der Waals surface area contributed by atoms with E-state index in [-0.39, 0.29) is 122 Å². The third-order valence-corrected chi connectivity index (χ3v) is 13.8. The van der Waals surface area contributed by atoms with Crippen LogP contribution in [0.1, 0.15) is 17.0 Å². The number of carbonyl (C=O) groups excluding carboxylic acids is 2. The van der Waals surface area contributed by atoms with Gasteiger partial charge in [0, 0.05) is 58.9 Å². The number of nitrogens with zero attached hydrogens (tertiary/aromatic N) is 8. The van der Waals surface area contributed by atoms with E-state index in [1.807, 2.05) is 4.90 Å². The van der Waals surface area contributed by atoms with Crippen LogP contribution >= 0.6 is 7.60 Å². The maximum Gasteiger partial charge on any atom is 0.457 e. The zero-order valence-electron chi connectivity index (χ0n) is 45.7. The Kier molecular flexibility index (Phi) is 29.5. The monoisotopic (exact) mass is 1170 g/mol. The van der Waals surface area contributed by atoms with Gasteiger partial charge in [-0.15, -0.1) is 5.10 Å². The molecule has 2 heterocycles. The van der Waals surface area contributed by atoms with Crippen molar-refractivity contribution in [1.82, 2.24) is 45.2 Å².